The van der Waals surface area contributed by atoms with Gasteiger partial charge in [0.05, 0.1) is 12.2 Å². The molecule has 134 valence electrons. The van der Waals surface area contributed by atoms with Crippen molar-refractivity contribution in [1.29, 1.82) is 0 Å². The molecule has 1 aromatic heterocycles. The molecule has 1 N–H and O–H groups in total. The summed E-state index contributed by atoms with van der Waals surface area (Å²) in [6.07, 6.45) is 0. The maximum absolute atomic E-state index is 12.0. The molecule has 3 aromatic rings. The summed E-state index contributed by atoms with van der Waals surface area (Å²) in [4.78, 5) is 16.6. The van der Waals surface area contributed by atoms with Gasteiger partial charge in [0.25, 0.3) is 5.91 Å². The highest BCUT2D eigenvalue weighted by molar-refractivity contribution is 7.09. The predicted molar refractivity (Wildman–Crippen MR) is 106 cm³/mol. The van der Waals surface area contributed by atoms with E-state index >= 15 is 0 Å². The van der Waals surface area contributed by atoms with Gasteiger partial charge in [-0.1, -0.05) is 35.9 Å². The second kappa shape index (κ2) is 8.34. The first-order chi connectivity index (χ1) is 12.5. The lowest BCUT2D eigenvalue weighted by Crippen LogP contribution is -2.28. The zero-order valence-electron chi connectivity index (χ0n) is 14.6. The van der Waals surface area contributed by atoms with E-state index in [2.05, 4.69) is 10.3 Å². The number of carbonyl (C=O) groups excluding carboxylic acids is 1. The topological polar surface area (TPSA) is 51.2 Å². The molecule has 0 aliphatic carbocycles. The van der Waals surface area contributed by atoms with Crippen molar-refractivity contribution in [2.75, 3.05) is 6.61 Å². The highest BCUT2D eigenvalue weighted by Gasteiger charge is 2.08. The van der Waals surface area contributed by atoms with Crippen LogP contribution in [0, 0.1) is 13.8 Å². The lowest BCUT2D eigenvalue weighted by molar-refractivity contribution is -0.123. The van der Waals surface area contributed by atoms with Crippen LogP contribution < -0.4 is 10.1 Å². The Morgan fingerprint density at radius 2 is 1.96 bits per heavy atom. The van der Waals surface area contributed by atoms with Crippen LogP contribution in [-0.4, -0.2) is 17.5 Å². The van der Waals surface area contributed by atoms with Gasteiger partial charge >= 0.3 is 0 Å². The Balaban J connectivity index is 1.52. The van der Waals surface area contributed by atoms with Crippen LogP contribution >= 0.6 is 22.9 Å². The van der Waals surface area contributed by atoms with Crippen molar-refractivity contribution < 1.29 is 9.53 Å². The van der Waals surface area contributed by atoms with Gasteiger partial charge in [-0.05, 0) is 43.2 Å². The predicted octanol–water partition coefficient (Wildman–Crippen LogP) is 4.78. The number of halogens is 1. The van der Waals surface area contributed by atoms with E-state index in [9.17, 15) is 4.79 Å². The Bertz CT molecular complexity index is 906. The van der Waals surface area contributed by atoms with Gasteiger partial charge in [0.1, 0.15) is 10.8 Å². The molecule has 0 aliphatic rings. The van der Waals surface area contributed by atoms with Gasteiger partial charge in [0.2, 0.25) is 0 Å². The fraction of sp³-hybridized carbons (Fsp3) is 0.200. The van der Waals surface area contributed by atoms with Crippen LogP contribution in [0.5, 0.6) is 5.75 Å². The SMILES string of the molecule is Cc1cccc(OCC(=O)NCc2nc(-c3ccc(Cl)cc3)cs2)c1C. The third-order valence-corrected chi connectivity index (χ3v) is 5.14. The number of rotatable bonds is 6. The Morgan fingerprint density at radius 1 is 1.19 bits per heavy atom. The maximum atomic E-state index is 12.0. The Morgan fingerprint density at radius 3 is 2.73 bits per heavy atom. The van der Waals surface area contributed by atoms with Gasteiger partial charge in [-0.3, -0.25) is 4.79 Å². The molecular weight excluding hydrogens is 368 g/mol. The summed E-state index contributed by atoms with van der Waals surface area (Å²) in [6.45, 7) is 4.37. The Labute approximate surface area is 161 Å². The molecule has 0 bridgehead atoms. The van der Waals surface area contributed by atoms with Crippen LogP contribution in [0.3, 0.4) is 0 Å². The minimum atomic E-state index is -0.172. The molecule has 2 aromatic carbocycles. The largest absolute Gasteiger partial charge is 0.483 e. The highest BCUT2D eigenvalue weighted by Crippen LogP contribution is 2.23. The maximum Gasteiger partial charge on any atom is 0.258 e. The number of amides is 1. The molecule has 26 heavy (non-hydrogen) atoms. The number of benzene rings is 2. The summed E-state index contributed by atoms with van der Waals surface area (Å²) < 4.78 is 5.61. The summed E-state index contributed by atoms with van der Waals surface area (Å²) >= 11 is 7.41. The third kappa shape index (κ3) is 4.62. The number of carbonyl (C=O) groups is 1. The van der Waals surface area contributed by atoms with Crippen LogP contribution in [0.4, 0.5) is 0 Å². The molecule has 6 heteroatoms. The molecule has 0 unspecified atom stereocenters. The number of nitrogens with one attached hydrogen (secondary N) is 1. The summed E-state index contributed by atoms with van der Waals surface area (Å²) in [5, 5.41) is 6.35. The Hall–Kier alpha value is -2.37. The van der Waals surface area contributed by atoms with Crippen LogP contribution in [-0.2, 0) is 11.3 Å². The molecule has 0 aliphatic heterocycles. The smallest absolute Gasteiger partial charge is 0.258 e. The normalized spacial score (nSPS) is 10.6. The molecule has 0 fully saturated rings. The average Bonchev–Trinajstić information content (AvgIpc) is 3.11. The van der Waals surface area contributed by atoms with Crippen molar-refractivity contribution >= 4 is 28.8 Å². The third-order valence-electron chi connectivity index (χ3n) is 4.04. The van der Waals surface area contributed by atoms with Crippen molar-refractivity contribution in [2.45, 2.75) is 20.4 Å². The molecule has 0 spiro atoms. The fourth-order valence-electron chi connectivity index (χ4n) is 2.39. The minimum Gasteiger partial charge on any atom is -0.483 e. The Kier molecular flexibility index (Phi) is 5.91. The number of hydrogen-bond acceptors (Lipinski definition) is 4. The minimum absolute atomic E-state index is 0.0142. The molecular formula is C20H19ClN2O2S. The molecule has 3 rings (SSSR count). The lowest BCUT2D eigenvalue weighted by Gasteiger charge is -2.10. The van der Waals surface area contributed by atoms with Gasteiger partial charge in [-0.15, -0.1) is 11.3 Å². The van der Waals surface area contributed by atoms with E-state index in [-0.39, 0.29) is 12.5 Å². The second-order valence-corrected chi connectivity index (χ2v) is 7.28. The molecule has 0 radical (unpaired) electrons. The highest BCUT2D eigenvalue weighted by atomic mass is 35.5. The molecule has 0 saturated carbocycles. The van der Waals surface area contributed by atoms with Gasteiger partial charge < -0.3 is 10.1 Å². The molecule has 1 amide bonds. The van der Waals surface area contributed by atoms with Crippen LogP contribution in [0.15, 0.2) is 47.8 Å². The fourth-order valence-corrected chi connectivity index (χ4v) is 3.26. The van der Waals surface area contributed by atoms with Crippen LogP contribution in [0.25, 0.3) is 11.3 Å². The number of aryl methyl sites for hydroxylation is 1. The van der Waals surface area contributed by atoms with E-state index in [0.29, 0.717) is 11.6 Å². The summed E-state index contributed by atoms with van der Waals surface area (Å²) in [7, 11) is 0. The van der Waals surface area contributed by atoms with E-state index < -0.39 is 0 Å². The second-order valence-electron chi connectivity index (χ2n) is 5.90. The first-order valence-corrected chi connectivity index (χ1v) is 9.45. The van der Waals surface area contributed by atoms with Crippen LogP contribution in [0.2, 0.25) is 5.02 Å². The zero-order valence-corrected chi connectivity index (χ0v) is 16.2. The van der Waals surface area contributed by atoms with Crippen molar-refractivity contribution in [3.05, 3.63) is 69.0 Å². The van der Waals surface area contributed by atoms with Gasteiger partial charge in [0.15, 0.2) is 6.61 Å². The van der Waals surface area contributed by atoms with Crippen molar-refractivity contribution in [2.24, 2.45) is 0 Å². The number of ether oxygens (including phenoxy) is 1. The van der Waals surface area contributed by atoms with Gasteiger partial charge in [-0.25, -0.2) is 4.98 Å². The molecule has 0 atom stereocenters. The van der Waals surface area contributed by atoms with E-state index in [1.165, 1.54) is 11.3 Å². The monoisotopic (exact) mass is 386 g/mol. The first-order valence-electron chi connectivity index (χ1n) is 8.19. The quantitative estimate of drug-likeness (QED) is 0.663. The first kappa shape index (κ1) is 18.4. The average molecular weight is 387 g/mol. The van der Waals surface area contributed by atoms with Crippen LogP contribution in [0.1, 0.15) is 16.1 Å². The van der Waals surface area contributed by atoms with Gasteiger partial charge in [0, 0.05) is 16.0 Å². The van der Waals surface area contributed by atoms with Crippen molar-refractivity contribution in [3.63, 3.8) is 0 Å². The summed E-state index contributed by atoms with van der Waals surface area (Å²) in [5.41, 5.74) is 4.07. The molecule has 1 heterocycles. The van der Waals surface area contributed by atoms with Crippen molar-refractivity contribution in [3.8, 4) is 17.0 Å². The lowest BCUT2D eigenvalue weighted by atomic mass is 10.1. The number of thiazole rings is 1. The molecule has 4 nitrogen and oxygen atoms in total. The van der Waals surface area contributed by atoms with E-state index in [4.69, 9.17) is 16.3 Å². The zero-order chi connectivity index (χ0) is 18.5. The number of nitrogens with zero attached hydrogens (tertiary/aromatic N) is 1. The summed E-state index contributed by atoms with van der Waals surface area (Å²) in [6, 6.07) is 13.3. The van der Waals surface area contributed by atoms with E-state index in [1.807, 2.05) is 61.7 Å². The summed E-state index contributed by atoms with van der Waals surface area (Å²) in [5.74, 6) is 0.563. The number of hydrogen-bond donors (Lipinski definition) is 1. The van der Waals surface area contributed by atoms with Gasteiger partial charge in [-0.2, -0.15) is 0 Å². The standard InChI is InChI=1S/C20H19ClN2O2S/c1-13-4-3-5-18(14(13)2)25-11-19(24)22-10-20-23-17(12-26-20)15-6-8-16(21)9-7-15/h3-9,12H,10-11H2,1-2H3,(H,22,24). The molecule has 0 saturated heterocycles. The number of aromatic nitrogens is 1. The van der Waals surface area contributed by atoms with Crippen molar-refractivity contribution in [1.82, 2.24) is 10.3 Å². The van der Waals surface area contributed by atoms with E-state index in [1.54, 1.807) is 0 Å². The van der Waals surface area contributed by atoms with E-state index in [0.717, 1.165) is 33.1 Å².